The van der Waals surface area contributed by atoms with E-state index in [0.29, 0.717) is 12.1 Å². The van der Waals surface area contributed by atoms with Crippen LogP contribution in [0.2, 0.25) is 0 Å². The lowest BCUT2D eigenvalue weighted by Crippen LogP contribution is -2.31. The lowest BCUT2D eigenvalue weighted by Gasteiger charge is -2.06. The van der Waals surface area contributed by atoms with Gasteiger partial charge in [0, 0.05) is 30.6 Å². The second kappa shape index (κ2) is 7.01. The van der Waals surface area contributed by atoms with Crippen molar-refractivity contribution in [1.29, 1.82) is 0 Å². The molecule has 0 spiro atoms. The molecule has 1 aromatic heterocycles. The fourth-order valence-corrected chi connectivity index (χ4v) is 2.17. The van der Waals surface area contributed by atoms with Crippen LogP contribution in [0.5, 0.6) is 0 Å². The summed E-state index contributed by atoms with van der Waals surface area (Å²) in [6.45, 7) is 4.08. The number of aryl methyl sites for hydroxylation is 1. The highest BCUT2D eigenvalue weighted by Crippen LogP contribution is 2.02. The number of thiazole rings is 1. The van der Waals surface area contributed by atoms with Crippen LogP contribution in [-0.4, -0.2) is 24.0 Å². The van der Waals surface area contributed by atoms with Gasteiger partial charge in [0.25, 0.3) is 5.91 Å². The van der Waals surface area contributed by atoms with E-state index in [9.17, 15) is 4.79 Å². The quantitative estimate of drug-likeness (QED) is 0.793. The highest BCUT2D eigenvalue weighted by molar-refractivity contribution is 7.07. The van der Waals surface area contributed by atoms with E-state index in [1.54, 1.807) is 11.3 Å². The van der Waals surface area contributed by atoms with E-state index in [1.807, 2.05) is 42.1 Å². The summed E-state index contributed by atoms with van der Waals surface area (Å²) >= 11 is 1.59. The van der Waals surface area contributed by atoms with Gasteiger partial charge in [0.1, 0.15) is 0 Å². The number of hydrogen-bond donors (Lipinski definition) is 2. The van der Waals surface area contributed by atoms with Gasteiger partial charge < -0.3 is 10.6 Å². The highest BCUT2D eigenvalue weighted by Gasteiger charge is 2.03. The Balaban J connectivity index is 1.65. The molecule has 0 saturated carbocycles. The first kappa shape index (κ1) is 13.7. The van der Waals surface area contributed by atoms with Gasteiger partial charge in [-0.1, -0.05) is 17.7 Å². The molecule has 0 saturated heterocycles. The zero-order chi connectivity index (χ0) is 13.5. The molecule has 0 aliphatic carbocycles. The molecule has 1 aromatic carbocycles. The van der Waals surface area contributed by atoms with Gasteiger partial charge in [0.2, 0.25) is 0 Å². The second-order valence-electron chi connectivity index (χ2n) is 4.28. The molecule has 1 amide bonds. The van der Waals surface area contributed by atoms with Crippen LogP contribution in [-0.2, 0) is 6.54 Å². The fraction of sp³-hybridized carbons (Fsp3) is 0.286. The molecule has 0 aliphatic rings. The molecule has 2 N–H and O–H groups in total. The maximum atomic E-state index is 11.8. The summed E-state index contributed by atoms with van der Waals surface area (Å²) < 4.78 is 0. The highest BCUT2D eigenvalue weighted by atomic mass is 32.1. The topological polar surface area (TPSA) is 54.0 Å². The number of nitrogens with one attached hydrogen (secondary N) is 2. The molecule has 5 heteroatoms. The predicted molar refractivity (Wildman–Crippen MR) is 77.3 cm³/mol. The minimum absolute atomic E-state index is 0.0320. The van der Waals surface area contributed by atoms with Crippen LogP contribution in [0.3, 0.4) is 0 Å². The van der Waals surface area contributed by atoms with E-state index in [2.05, 4.69) is 15.6 Å². The lowest BCUT2D eigenvalue weighted by molar-refractivity contribution is 0.0954. The normalized spacial score (nSPS) is 10.4. The lowest BCUT2D eigenvalue weighted by atomic mass is 10.1. The zero-order valence-corrected chi connectivity index (χ0v) is 11.7. The number of aromatic nitrogens is 1. The van der Waals surface area contributed by atoms with Gasteiger partial charge in [-0.05, 0) is 19.1 Å². The molecule has 100 valence electrons. The number of carbonyl (C=O) groups is 1. The Morgan fingerprint density at radius 3 is 2.74 bits per heavy atom. The standard InChI is InChI=1S/C14H17N3OS/c1-11-2-4-12(5-3-11)14(18)16-7-6-15-8-13-9-19-10-17-13/h2-5,9-10,15H,6-8H2,1H3,(H,16,18). The van der Waals surface area contributed by atoms with Crippen molar-refractivity contribution in [2.24, 2.45) is 0 Å². The van der Waals surface area contributed by atoms with Crippen molar-refractivity contribution in [2.45, 2.75) is 13.5 Å². The van der Waals surface area contributed by atoms with Crippen LogP contribution < -0.4 is 10.6 Å². The first-order chi connectivity index (χ1) is 9.25. The van der Waals surface area contributed by atoms with Crippen molar-refractivity contribution in [2.75, 3.05) is 13.1 Å². The van der Waals surface area contributed by atoms with Crippen LogP contribution in [0.4, 0.5) is 0 Å². The van der Waals surface area contributed by atoms with E-state index < -0.39 is 0 Å². The van der Waals surface area contributed by atoms with Gasteiger partial charge in [-0.15, -0.1) is 11.3 Å². The third kappa shape index (κ3) is 4.46. The van der Waals surface area contributed by atoms with Gasteiger partial charge in [0.05, 0.1) is 11.2 Å². The monoisotopic (exact) mass is 275 g/mol. The summed E-state index contributed by atoms with van der Waals surface area (Å²) in [7, 11) is 0. The Hall–Kier alpha value is -1.72. The Morgan fingerprint density at radius 1 is 1.26 bits per heavy atom. The van der Waals surface area contributed by atoms with Gasteiger partial charge >= 0.3 is 0 Å². The maximum Gasteiger partial charge on any atom is 0.251 e. The number of amides is 1. The van der Waals surface area contributed by atoms with Crippen molar-refractivity contribution in [3.63, 3.8) is 0 Å². The average molecular weight is 275 g/mol. The first-order valence-electron chi connectivity index (χ1n) is 6.18. The van der Waals surface area contributed by atoms with Crippen molar-refractivity contribution in [3.05, 3.63) is 52.0 Å². The summed E-state index contributed by atoms with van der Waals surface area (Å²) in [5.74, 6) is -0.0320. The molecule has 0 unspecified atom stereocenters. The molecule has 0 bridgehead atoms. The van der Waals surface area contributed by atoms with E-state index in [4.69, 9.17) is 0 Å². The van der Waals surface area contributed by atoms with E-state index in [-0.39, 0.29) is 5.91 Å². The molecule has 2 rings (SSSR count). The molecule has 0 fully saturated rings. The first-order valence-corrected chi connectivity index (χ1v) is 7.12. The Morgan fingerprint density at radius 2 is 2.05 bits per heavy atom. The molecule has 0 radical (unpaired) electrons. The molecule has 0 aliphatic heterocycles. The van der Waals surface area contributed by atoms with Crippen molar-refractivity contribution < 1.29 is 4.79 Å². The van der Waals surface area contributed by atoms with E-state index in [0.717, 1.165) is 24.3 Å². The van der Waals surface area contributed by atoms with Crippen molar-refractivity contribution in [1.82, 2.24) is 15.6 Å². The Kier molecular flexibility index (Phi) is 5.06. The zero-order valence-electron chi connectivity index (χ0n) is 10.8. The van der Waals surface area contributed by atoms with Gasteiger partial charge in [-0.2, -0.15) is 0 Å². The Bertz CT molecular complexity index is 508. The molecule has 1 heterocycles. The fourth-order valence-electron chi connectivity index (χ4n) is 1.61. The minimum atomic E-state index is -0.0320. The number of nitrogens with zero attached hydrogens (tertiary/aromatic N) is 1. The maximum absolute atomic E-state index is 11.8. The summed E-state index contributed by atoms with van der Waals surface area (Å²) in [4.78, 5) is 16.0. The molecular formula is C14H17N3OS. The largest absolute Gasteiger partial charge is 0.351 e. The third-order valence-corrected chi connectivity index (χ3v) is 3.33. The molecule has 2 aromatic rings. The number of carbonyl (C=O) groups excluding carboxylic acids is 1. The van der Waals surface area contributed by atoms with Gasteiger partial charge in [-0.3, -0.25) is 4.79 Å². The van der Waals surface area contributed by atoms with Crippen molar-refractivity contribution in [3.8, 4) is 0 Å². The SMILES string of the molecule is Cc1ccc(C(=O)NCCNCc2cscn2)cc1. The average Bonchev–Trinajstić information content (AvgIpc) is 2.92. The molecular weight excluding hydrogens is 258 g/mol. The summed E-state index contributed by atoms with van der Waals surface area (Å²) in [6, 6.07) is 7.56. The minimum Gasteiger partial charge on any atom is -0.351 e. The molecule has 19 heavy (non-hydrogen) atoms. The predicted octanol–water partition coefficient (Wildman–Crippen LogP) is 1.97. The van der Waals surface area contributed by atoms with Crippen molar-refractivity contribution >= 4 is 17.2 Å². The number of rotatable bonds is 6. The number of benzene rings is 1. The number of hydrogen-bond acceptors (Lipinski definition) is 4. The summed E-state index contributed by atoms with van der Waals surface area (Å²) in [5.41, 5.74) is 4.71. The third-order valence-electron chi connectivity index (χ3n) is 2.69. The van der Waals surface area contributed by atoms with Crippen LogP contribution in [0.15, 0.2) is 35.2 Å². The van der Waals surface area contributed by atoms with E-state index in [1.165, 1.54) is 0 Å². The summed E-state index contributed by atoms with van der Waals surface area (Å²) in [5, 5.41) is 8.12. The van der Waals surface area contributed by atoms with Crippen LogP contribution in [0.25, 0.3) is 0 Å². The van der Waals surface area contributed by atoms with Crippen LogP contribution in [0, 0.1) is 6.92 Å². The van der Waals surface area contributed by atoms with Gasteiger partial charge in [-0.25, -0.2) is 4.98 Å². The molecule has 4 nitrogen and oxygen atoms in total. The van der Waals surface area contributed by atoms with Gasteiger partial charge in [0.15, 0.2) is 0 Å². The van der Waals surface area contributed by atoms with Crippen LogP contribution >= 0.6 is 11.3 Å². The Labute approximate surface area is 116 Å². The molecule has 0 atom stereocenters. The van der Waals surface area contributed by atoms with Crippen LogP contribution in [0.1, 0.15) is 21.6 Å². The van der Waals surface area contributed by atoms with E-state index >= 15 is 0 Å². The second-order valence-corrected chi connectivity index (χ2v) is 5.00. The summed E-state index contributed by atoms with van der Waals surface area (Å²) in [6.07, 6.45) is 0. The smallest absolute Gasteiger partial charge is 0.251 e.